The highest BCUT2D eigenvalue weighted by molar-refractivity contribution is 9.10. The fourth-order valence-corrected chi connectivity index (χ4v) is 2.92. The predicted molar refractivity (Wildman–Crippen MR) is 80.1 cm³/mol. The normalized spacial score (nSPS) is 15.3. The number of rotatable bonds is 4. The van der Waals surface area contributed by atoms with E-state index in [9.17, 15) is 18.0 Å². The molecular weight excluding hydrogens is 361 g/mol. The molecule has 1 aliphatic carbocycles. The van der Waals surface area contributed by atoms with E-state index in [0.717, 1.165) is 17.2 Å². The maximum Gasteiger partial charge on any atom is 0.418 e. The number of halogens is 4. The molecule has 1 aromatic heterocycles. The van der Waals surface area contributed by atoms with Crippen molar-refractivity contribution in [1.82, 2.24) is 9.78 Å². The van der Waals surface area contributed by atoms with Crippen molar-refractivity contribution < 1.29 is 13.2 Å². The Morgan fingerprint density at radius 3 is 2.59 bits per heavy atom. The number of para-hydroxylation sites is 1. The molecule has 1 aromatic carbocycles. The lowest BCUT2D eigenvalue weighted by Gasteiger charge is -2.12. The molecule has 1 heterocycles. The van der Waals surface area contributed by atoms with Crippen LogP contribution in [0.3, 0.4) is 0 Å². The SMILES string of the molecule is O=c1c(Br)c(CCC2CC2)[nH]n1-c1ccccc1C(F)(F)F. The van der Waals surface area contributed by atoms with Crippen molar-refractivity contribution in [1.29, 1.82) is 0 Å². The van der Waals surface area contributed by atoms with Gasteiger partial charge < -0.3 is 0 Å². The molecule has 1 saturated carbocycles. The van der Waals surface area contributed by atoms with E-state index >= 15 is 0 Å². The fraction of sp³-hybridized carbons (Fsp3) is 0.400. The van der Waals surface area contributed by atoms with Gasteiger partial charge in [-0.05, 0) is 46.8 Å². The van der Waals surface area contributed by atoms with Crippen LogP contribution in [0.15, 0.2) is 33.5 Å². The monoisotopic (exact) mass is 374 g/mol. The van der Waals surface area contributed by atoms with Gasteiger partial charge in [-0.25, -0.2) is 4.68 Å². The predicted octanol–water partition coefficient (Wildman–Crippen LogP) is 4.29. The molecule has 7 heteroatoms. The van der Waals surface area contributed by atoms with Crippen LogP contribution in [-0.2, 0) is 12.6 Å². The Kier molecular flexibility index (Phi) is 3.92. The van der Waals surface area contributed by atoms with Gasteiger partial charge in [-0.1, -0.05) is 25.0 Å². The van der Waals surface area contributed by atoms with E-state index < -0.39 is 17.3 Å². The molecule has 0 aliphatic heterocycles. The first-order valence-electron chi connectivity index (χ1n) is 7.04. The van der Waals surface area contributed by atoms with E-state index in [0.29, 0.717) is 22.5 Å². The Morgan fingerprint density at radius 1 is 1.27 bits per heavy atom. The van der Waals surface area contributed by atoms with Crippen LogP contribution in [0.5, 0.6) is 0 Å². The maximum absolute atomic E-state index is 13.1. The Morgan fingerprint density at radius 2 is 1.95 bits per heavy atom. The molecule has 0 amide bonds. The molecule has 3 nitrogen and oxygen atoms in total. The third kappa shape index (κ3) is 2.99. The number of hydrogen-bond donors (Lipinski definition) is 1. The Hall–Kier alpha value is -1.50. The molecule has 1 N–H and O–H groups in total. The number of aromatic nitrogens is 2. The van der Waals surface area contributed by atoms with Gasteiger partial charge in [0.15, 0.2) is 0 Å². The van der Waals surface area contributed by atoms with Gasteiger partial charge >= 0.3 is 6.18 Å². The summed E-state index contributed by atoms with van der Waals surface area (Å²) in [6, 6.07) is 5.05. The van der Waals surface area contributed by atoms with Crippen molar-refractivity contribution in [3.63, 3.8) is 0 Å². The summed E-state index contributed by atoms with van der Waals surface area (Å²) in [5.74, 6) is 0.682. The first-order valence-corrected chi connectivity index (χ1v) is 7.83. The van der Waals surface area contributed by atoms with E-state index in [4.69, 9.17) is 0 Å². The first kappa shape index (κ1) is 15.4. The number of alkyl halides is 3. The molecule has 0 spiro atoms. The van der Waals surface area contributed by atoms with Gasteiger partial charge in [0.05, 0.1) is 16.9 Å². The zero-order valence-corrected chi connectivity index (χ0v) is 13.2. The number of benzene rings is 1. The average molecular weight is 375 g/mol. The highest BCUT2D eigenvalue weighted by Crippen LogP contribution is 2.35. The van der Waals surface area contributed by atoms with Gasteiger partial charge in [-0.15, -0.1) is 0 Å². The Balaban J connectivity index is 2.02. The van der Waals surface area contributed by atoms with Crippen LogP contribution in [0.25, 0.3) is 5.69 Å². The lowest BCUT2D eigenvalue weighted by molar-refractivity contribution is -0.137. The van der Waals surface area contributed by atoms with Gasteiger partial charge in [0.1, 0.15) is 4.47 Å². The number of hydrogen-bond acceptors (Lipinski definition) is 1. The minimum absolute atomic E-state index is 0.182. The third-order valence-electron chi connectivity index (χ3n) is 3.85. The van der Waals surface area contributed by atoms with Gasteiger partial charge in [-0.3, -0.25) is 9.89 Å². The summed E-state index contributed by atoms with van der Waals surface area (Å²) in [5, 5.41) is 2.82. The minimum atomic E-state index is -4.51. The van der Waals surface area contributed by atoms with Crippen molar-refractivity contribution in [2.24, 2.45) is 5.92 Å². The van der Waals surface area contributed by atoms with Crippen molar-refractivity contribution in [3.8, 4) is 5.69 Å². The van der Waals surface area contributed by atoms with Crippen molar-refractivity contribution >= 4 is 15.9 Å². The van der Waals surface area contributed by atoms with Crippen LogP contribution in [0.2, 0.25) is 0 Å². The Labute approximate surface area is 133 Å². The first-order chi connectivity index (χ1) is 10.4. The van der Waals surface area contributed by atoms with Crippen LogP contribution in [0.1, 0.15) is 30.5 Å². The highest BCUT2D eigenvalue weighted by Gasteiger charge is 2.34. The van der Waals surface area contributed by atoms with Gasteiger partial charge in [0.25, 0.3) is 5.56 Å². The zero-order chi connectivity index (χ0) is 15.9. The summed E-state index contributed by atoms with van der Waals surface area (Å²) in [5.41, 5.74) is -0.866. The second-order valence-corrected chi connectivity index (χ2v) is 6.33. The second kappa shape index (κ2) is 5.61. The van der Waals surface area contributed by atoms with E-state index in [1.807, 2.05) is 0 Å². The molecule has 22 heavy (non-hydrogen) atoms. The second-order valence-electron chi connectivity index (χ2n) is 5.54. The summed E-state index contributed by atoms with van der Waals surface area (Å²) < 4.78 is 40.6. The minimum Gasteiger partial charge on any atom is -0.294 e. The smallest absolute Gasteiger partial charge is 0.294 e. The molecule has 3 rings (SSSR count). The topological polar surface area (TPSA) is 37.8 Å². The van der Waals surface area contributed by atoms with Crippen molar-refractivity contribution in [3.05, 3.63) is 50.3 Å². The fourth-order valence-electron chi connectivity index (χ4n) is 2.46. The molecule has 0 bridgehead atoms. The molecular formula is C15H14BrF3N2O. The van der Waals surface area contributed by atoms with Crippen molar-refractivity contribution in [2.45, 2.75) is 31.9 Å². The van der Waals surface area contributed by atoms with E-state index in [2.05, 4.69) is 21.0 Å². The molecule has 0 radical (unpaired) electrons. The number of nitrogens with one attached hydrogen (secondary N) is 1. The third-order valence-corrected chi connectivity index (χ3v) is 4.67. The van der Waals surface area contributed by atoms with E-state index in [-0.39, 0.29) is 5.69 Å². The highest BCUT2D eigenvalue weighted by atomic mass is 79.9. The maximum atomic E-state index is 13.1. The molecule has 1 fully saturated rings. The van der Waals surface area contributed by atoms with Crippen LogP contribution in [-0.4, -0.2) is 9.78 Å². The van der Waals surface area contributed by atoms with Gasteiger partial charge in [0.2, 0.25) is 0 Å². The summed E-state index contributed by atoms with van der Waals surface area (Å²) in [6.45, 7) is 0. The van der Waals surface area contributed by atoms with E-state index in [1.165, 1.54) is 31.0 Å². The van der Waals surface area contributed by atoms with Crippen LogP contribution < -0.4 is 5.56 Å². The zero-order valence-electron chi connectivity index (χ0n) is 11.6. The summed E-state index contributed by atoms with van der Waals surface area (Å²) >= 11 is 3.20. The van der Waals surface area contributed by atoms with Gasteiger partial charge in [-0.2, -0.15) is 13.2 Å². The summed E-state index contributed by atoms with van der Waals surface area (Å²) in [7, 11) is 0. The molecule has 0 saturated heterocycles. The van der Waals surface area contributed by atoms with Crippen LogP contribution >= 0.6 is 15.9 Å². The van der Waals surface area contributed by atoms with Gasteiger partial charge in [0, 0.05) is 0 Å². The molecule has 1 aliphatic rings. The standard InChI is InChI=1S/C15H14BrF3N2O/c16-13-11(8-7-9-5-6-9)20-21(14(13)22)12-4-2-1-3-10(12)15(17,18)19/h1-4,9,20H,5-8H2. The summed E-state index contributed by atoms with van der Waals surface area (Å²) in [4.78, 5) is 12.2. The van der Waals surface area contributed by atoms with E-state index in [1.54, 1.807) is 0 Å². The molecule has 0 atom stereocenters. The van der Waals surface area contributed by atoms with Crippen molar-refractivity contribution in [2.75, 3.05) is 0 Å². The lowest BCUT2D eigenvalue weighted by Crippen LogP contribution is -2.19. The lowest BCUT2D eigenvalue weighted by atomic mass is 10.2. The molecule has 0 unspecified atom stereocenters. The number of H-pyrrole nitrogens is 1. The Bertz CT molecular complexity index is 744. The number of aromatic amines is 1. The summed E-state index contributed by atoms with van der Waals surface area (Å²) in [6.07, 6.45) is -0.526. The quantitative estimate of drug-likeness (QED) is 0.851. The van der Waals surface area contributed by atoms with Crippen LogP contribution in [0, 0.1) is 5.92 Å². The van der Waals surface area contributed by atoms with Crippen LogP contribution in [0.4, 0.5) is 13.2 Å². The average Bonchev–Trinajstić information content (AvgIpc) is 3.25. The largest absolute Gasteiger partial charge is 0.418 e. The number of aryl methyl sites for hydroxylation is 1. The molecule has 118 valence electrons. The molecule has 2 aromatic rings. The number of nitrogens with zero attached hydrogens (tertiary/aromatic N) is 1.